The third-order valence-corrected chi connectivity index (χ3v) is 3.43. The fourth-order valence-corrected chi connectivity index (χ4v) is 1.52. The Balaban J connectivity index is 6.82. The minimum Gasteiger partial charge on any atom is -0.296 e. The van der Waals surface area contributed by atoms with E-state index in [4.69, 9.17) is 0 Å². The SMILES string of the molecule is NC(F)C(F)(F)C(F)(F)C(F)(F)C(F)(F)C(F)(F)C(F)(F)C(F)(F)C(F)(F)C(F)F. The van der Waals surface area contributed by atoms with Gasteiger partial charge in [-0.1, -0.05) is 0 Å². The minimum atomic E-state index is -8.84. The number of hydrogen-bond donors (Lipinski definition) is 1. The molecule has 0 aromatic heterocycles. The van der Waals surface area contributed by atoms with Crippen LogP contribution in [0.5, 0.6) is 0 Å². The second-order valence-corrected chi connectivity index (χ2v) is 5.39. The highest BCUT2D eigenvalue weighted by Gasteiger charge is 2.95. The van der Waals surface area contributed by atoms with Crippen LogP contribution in [-0.4, -0.2) is 60.1 Å². The van der Waals surface area contributed by atoms with E-state index in [1.54, 1.807) is 0 Å². The van der Waals surface area contributed by atoms with E-state index in [1.807, 2.05) is 0 Å². The van der Waals surface area contributed by atoms with E-state index in [1.165, 1.54) is 0 Å². The third kappa shape index (κ3) is 3.23. The van der Waals surface area contributed by atoms with Crippen LogP contribution in [-0.2, 0) is 0 Å². The predicted octanol–water partition coefficient (Wildman–Crippen LogP) is 5.59. The Morgan fingerprint density at radius 2 is 0.567 bits per heavy atom. The van der Waals surface area contributed by atoms with Crippen molar-refractivity contribution in [2.24, 2.45) is 5.73 Å². The van der Waals surface area contributed by atoms with Gasteiger partial charge in [0.2, 0.25) is 6.30 Å². The van der Waals surface area contributed by atoms with E-state index in [-0.39, 0.29) is 0 Å². The van der Waals surface area contributed by atoms with Gasteiger partial charge in [-0.2, -0.15) is 70.2 Å². The number of nitrogens with two attached hydrogens (primary N) is 1. The van der Waals surface area contributed by atoms with Crippen LogP contribution in [0.2, 0.25) is 0 Å². The molecule has 0 aliphatic carbocycles. The lowest BCUT2D eigenvalue weighted by molar-refractivity contribution is -0.459. The van der Waals surface area contributed by atoms with Crippen molar-refractivity contribution in [3.05, 3.63) is 0 Å². The van der Waals surface area contributed by atoms with Crippen molar-refractivity contribution in [2.45, 2.75) is 60.1 Å². The van der Waals surface area contributed by atoms with E-state index in [0.717, 1.165) is 0 Å². The summed E-state index contributed by atoms with van der Waals surface area (Å²) in [5.41, 5.74) is 3.44. The zero-order chi connectivity index (χ0) is 25.2. The van der Waals surface area contributed by atoms with E-state index in [2.05, 4.69) is 5.73 Å². The van der Waals surface area contributed by atoms with Crippen molar-refractivity contribution in [1.82, 2.24) is 0 Å². The van der Waals surface area contributed by atoms with Crippen LogP contribution >= 0.6 is 0 Å². The topological polar surface area (TPSA) is 26.0 Å². The van der Waals surface area contributed by atoms with Crippen LogP contribution in [0.15, 0.2) is 0 Å². The van der Waals surface area contributed by atoms with Crippen LogP contribution in [0.1, 0.15) is 0 Å². The summed E-state index contributed by atoms with van der Waals surface area (Å²) in [5, 5.41) is 0. The smallest absolute Gasteiger partial charge is 0.296 e. The van der Waals surface area contributed by atoms with Crippen molar-refractivity contribution in [3.8, 4) is 0 Å². The summed E-state index contributed by atoms with van der Waals surface area (Å²) in [6, 6.07) is 0. The maximum atomic E-state index is 13.2. The van der Waals surface area contributed by atoms with Crippen LogP contribution in [0, 0.1) is 0 Å². The van der Waals surface area contributed by atoms with Gasteiger partial charge in [0.05, 0.1) is 0 Å². The van der Waals surface area contributed by atoms with Crippen molar-refractivity contribution >= 4 is 0 Å². The first-order valence-electron chi connectivity index (χ1n) is 6.34. The van der Waals surface area contributed by atoms with Crippen LogP contribution in [0.25, 0.3) is 0 Å². The van der Waals surface area contributed by atoms with Crippen LogP contribution < -0.4 is 5.73 Å². The van der Waals surface area contributed by atoms with Gasteiger partial charge in [0.25, 0.3) is 0 Å². The predicted molar refractivity (Wildman–Crippen MR) is 54.7 cm³/mol. The number of halogens is 19. The van der Waals surface area contributed by atoms with Gasteiger partial charge in [0, 0.05) is 0 Å². The van der Waals surface area contributed by atoms with Gasteiger partial charge in [-0.05, 0) is 0 Å². The summed E-state index contributed by atoms with van der Waals surface area (Å²) in [5.74, 6) is -66.3. The van der Waals surface area contributed by atoms with Gasteiger partial charge in [0.15, 0.2) is 0 Å². The molecule has 2 N–H and O–H groups in total. The Hall–Kier alpha value is -1.37. The monoisotopic (exact) mass is 499 g/mol. The summed E-state index contributed by atoms with van der Waals surface area (Å²) in [7, 11) is 0. The highest BCUT2D eigenvalue weighted by molar-refractivity contribution is 5.16. The Labute approximate surface area is 151 Å². The molecule has 0 aliphatic rings. The zero-order valence-electron chi connectivity index (χ0n) is 12.9. The maximum Gasteiger partial charge on any atom is 0.385 e. The Bertz CT molecular complexity index is 565. The second-order valence-electron chi connectivity index (χ2n) is 5.39. The average Bonchev–Trinajstić information content (AvgIpc) is 2.52. The number of hydrogen-bond acceptors (Lipinski definition) is 1. The molecule has 30 heavy (non-hydrogen) atoms. The summed E-state index contributed by atoms with van der Waals surface area (Å²) < 4.78 is 243. The van der Waals surface area contributed by atoms with Crippen molar-refractivity contribution < 1.29 is 83.4 Å². The van der Waals surface area contributed by atoms with Crippen molar-refractivity contribution in [1.29, 1.82) is 0 Å². The second kappa shape index (κ2) is 7.07. The Morgan fingerprint density at radius 1 is 0.367 bits per heavy atom. The summed E-state index contributed by atoms with van der Waals surface area (Å²) in [6.07, 6.45) is -11.1. The van der Waals surface area contributed by atoms with E-state index < -0.39 is 60.1 Å². The standard InChI is InChI=1S/C10H4F19N/c11-1(12)3(14,15)5(18,19)7(22,23)9(26,27)10(28,29)8(24,25)6(20,21)4(16,17)2(13)30/h1-2H,30H2. The van der Waals surface area contributed by atoms with Gasteiger partial charge >= 0.3 is 53.8 Å². The van der Waals surface area contributed by atoms with Gasteiger partial charge in [-0.3, -0.25) is 5.73 Å². The molecule has 0 saturated carbocycles. The third-order valence-electron chi connectivity index (χ3n) is 3.43. The Kier molecular flexibility index (Phi) is 6.75. The molecule has 182 valence electrons. The van der Waals surface area contributed by atoms with Gasteiger partial charge < -0.3 is 0 Å². The largest absolute Gasteiger partial charge is 0.385 e. The molecule has 1 unspecified atom stereocenters. The molecule has 0 amide bonds. The normalized spacial score (nSPS) is 17.5. The van der Waals surface area contributed by atoms with E-state index in [0.29, 0.717) is 0 Å². The molecule has 0 aromatic rings. The molecule has 0 rings (SSSR count). The van der Waals surface area contributed by atoms with Crippen molar-refractivity contribution in [2.75, 3.05) is 0 Å². The molecule has 0 heterocycles. The number of rotatable bonds is 9. The molecule has 0 bridgehead atoms. The molecular weight excluding hydrogens is 495 g/mol. The molecule has 20 heteroatoms. The first-order chi connectivity index (χ1) is 12.6. The first kappa shape index (κ1) is 28.6. The molecule has 0 aromatic carbocycles. The molecule has 0 saturated heterocycles. The fraction of sp³-hybridized carbons (Fsp3) is 1.00. The molecule has 1 nitrogen and oxygen atoms in total. The molecule has 0 fully saturated rings. The minimum absolute atomic E-state index is 3.44. The molecular formula is C10H4F19N. The molecule has 0 radical (unpaired) electrons. The van der Waals surface area contributed by atoms with E-state index >= 15 is 0 Å². The molecule has 0 spiro atoms. The number of alkyl halides is 19. The lowest BCUT2D eigenvalue weighted by Crippen LogP contribution is -2.76. The van der Waals surface area contributed by atoms with Crippen molar-refractivity contribution in [3.63, 3.8) is 0 Å². The highest BCUT2D eigenvalue weighted by Crippen LogP contribution is 2.64. The van der Waals surface area contributed by atoms with Crippen LogP contribution in [0.3, 0.4) is 0 Å². The fourth-order valence-electron chi connectivity index (χ4n) is 1.52. The van der Waals surface area contributed by atoms with Crippen LogP contribution in [0.4, 0.5) is 83.4 Å². The lowest BCUT2D eigenvalue weighted by Gasteiger charge is -2.43. The lowest BCUT2D eigenvalue weighted by atomic mass is 9.87. The summed E-state index contributed by atoms with van der Waals surface area (Å²) in [6.45, 7) is 0. The van der Waals surface area contributed by atoms with Gasteiger partial charge in [0.1, 0.15) is 0 Å². The van der Waals surface area contributed by atoms with Gasteiger partial charge in [-0.15, -0.1) is 0 Å². The average molecular weight is 499 g/mol. The Morgan fingerprint density at radius 3 is 0.767 bits per heavy atom. The first-order valence-corrected chi connectivity index (χ1v) is 6.34. The zero-order valence-corrected chi connectivity index (χ0v) is 12.9. The highest BCUT2D eigenvalue weighted by atomic mass is 19.4. The summed E-state index contributed by atoms with van der Waals surface area (Å²) in [4.78, 5) is 0. The van der Waals surface area contributed by atoms with E-state index in [9.17, 15) is 83.4 Å². The quantitative estimate of drug-likeness (QED) is 0.325. The molecule has 0 aliphatic heterocycles. The molecule has 1 atom stereocenters. The maximum absolute atomic E-state index is 13.2. The summed E-state index contributed by atoms with van der Waals surface area (Å²) >= 11 is 0. The van der Waals surface area contributed by atoms with Gasteiger partial charge in [-0.25, -0.2) is 13.2 Å².